The van der Waals surface area contributed by atoms with Crippen LogP contribution in [0.15, 0.2) is 12.3 Å². The number of pyridine rings is 1. The average Bonchev–Trinajstić information content (AvgIpc) is 2.27. The van der Waals surface area contributed by atoms with Crippen LogP contribution >= 0.6 is 11.6 Å². The van der Waals surface area contributed by atoms with Crippen LogP contribution in [0.4, 0.5) is 11.5 Å². The number of hydrogen-bond acceptors (Lipinski definition) is 4. The smallest absolute Gasteiger partial charge is 0.312 e. The van der Waals surface area contributed by atoms with Crippen LogP contribution < -0.4 is 5.32 Å². The summed E-state index contributed by atoms with van der Waals surface area (Å²) in [5, 5.41) is 13.8. The van der Waals surface area contributed by atoms with Gasteiger partial charge in [-0.2, -0.15) is 0 Å². The first-order valence-corrected chi connectivity index (χ1v) is 4.98. The normalized spacial score (nSPS) is 11.6. The van der Waals surface area contributed by atoms with E-state index in [0.29, 0.717) is 6.42 Å². The number of terminal acetylenes is 1. The summed E-state index contributed by atoms with van der Waals surface area (Å²) in [6, 6.07) is 0.951. The Hall–Kier alpha value is -1.80. The van der Waals surface area contributed by atoms with Gasteiger partial charge in [-0.1, -0.05) is 24.4 Å². The lowest BCUT2D eigenvalue weighted by Crippen LogP contribution is -2.17. The molecule has 0 amide bonds. The maximum atomic E-state index is 10.7. The minimum Gasteiger partial charge on any atom is -0.351 e. The topological polar surface area (TPSA) is 68.1 Å². The number of nitro groups is 1. The molecule has 1 aromatic heterocycles. The summed E-state index contributed by atoms with van der Waals surface area (Å²) in [6.45, 7) is 1.87. The fourth-order valence-electron chi connectivity index (χ4n) is 1.11. The van der Waals surface area contributed by atoms with Gasteiger partial charge >= 0.3 is 5.69 Å². The van der Waals surface area contributed by atoms with Crippen molar-refractivity contribution in [2.45, 2.75) is 19.4 Å². The zero-order valence-corrected chi connectivity index (χ0v) is 9.36. The van der Waals surface area contributed by atoms with E-state index in [4.69, 9.17) is 18.0 Å². The molecule has 1 aromatic rings. The Labute approximate surface area is 98.0 Å². The van der Waals surface area contributed by atoms with Gasteiger partial charge in [0.15, 0.2) is 0 Å². The highest BCUT2D eigenvalue weighted by molar-refractivity contribution is 6.30. The van der Waals surface area contributed by atoms with Gasteiger partial charge in [0.2, 0.25) is 5.82 Å². The van der Waals surface area contributed by atoms with Crippen molar-refractivity contribution < 1.29 is 4.92 Å². The molecule has 1 rings (SSSR count). The maximum absolute atomic E-state index is 10.7. The minimum atomic E-state index is -0.551. The van der Waals surface area contributed by atoms with Gasteiger partial charge in [-0.05, 0) is 6.42 Å². The standard InChI is InChI=1S/C10H10ClN3O2/c1-3-8(4-2)13-10-9(14(15)16)5-7(11)6-12-10/h1,5-6,8H,4H2,2H3,(H,12,13). The van der Waals surface area contributed by atoms with E-state index in [1.54, 1.807) is 0 Å². The molecule has 0 aliphatic rings. The Morgan fingerprint density at radius 1 is 1.81 bits per heavy atom. The van der Waals surface area contributed by atoms with Gasteiger partial charge in [0.1, 0.15) is 0 Å². The molecule has 0 radical (unpaired) electrons. The van der Waals surface area contributed by atoms with Gasteiger partial charge in [0, 0.05) is 12.3 Å². The van der Waals surface area contributed by atoms with Gasteiger partial charge in [-0.25, -0.2) is 4.98 Å². The lowest BCUT2D eigenvalue weighted by atomic mass is 10.2. The number of halogens is 1. The van der Waals surface area contributed by atoms with Gasteiger partial charge < -0.3 is 5.32 Å². The van der Waals surface area contributed by atoms with E-state index in [1.165, 1.54) is 12.3 Å². The molecule has 1 N–H and O–H groups in total. The number of nitrogens with one attached hydrogen (secondary N) is 1. The van der Waals surface area contributed by atoms with Crippen LogP contribution in [-0.2, 0) is 0 Å². The third kappa shape index (κ3) is 2.84. The average molecular weight is 240 g/mol. The molecule has 0 fully saturated rings. The van der Waals surface area contributed by atoms with Crippen molar-refractivity contribution in [3.63, 3.8) is 0 Å². The van der Waals surface area contributed by atoms with Crippen LogP contribution in [0.2, 0.25) is 5.02 Å². The van der Waals surface area contributed by atoms with Crippen LogP contribution in [-0.4, -0.2) is 15.9 Å². The fourth-order valence-corrected chi connectivity index (χ4v) is 1.26. The third-order valence-electron chi connectivity index (χ3n) is 1.95. The number of aromatic nitrogens is 1. The van der Waals surface area contributed by atoms with Crippen molar-refractivity contribution in [1.82, 2.24) is 4.98 Å². The van der Waals surface area contributed by atoms with E-state index in [9.17, 15) is 10.1 Å². The predicted molar refractivity (Wildman–Crippen MR) is 62.4 cm³/mol. The second-order valence-electron chi connectivity index (χ2n) is 3.05. The number of hydrogen-bond donors (Lipinski definition) is 1. The molecule has 16 heavy (non-hydrogen) atoms. The molecule has 0 saturated heterocycles. The van der Waals surface area contributed by atoms with Crippen LogP contribution in [0.25, 0.3) is 0 Å². The van der Waals surface area contributed by atoms with Gasteiger partial charge in [-0.3, -0.25) is 10.1 Å². The number of nitrogens with zero attached hydrogens (tertiary/aromatic N) is 2. The summed E-state index contributed by atoms with van der Waals surface area (Å²) in [4.78, 5) is 14.1. The molecule has 6 heteroatoms. The molecule has 5 nitrogen and oxygen atoms in total. The lowest BCUT2D eigenvalue weighted by molar-refractivity contribution is -0.384. The van der Waals surface area contributed by atoms with E-state index >= 15 is 0 Å². The Kier molecular flexibility index (Phi) is 4.09. The molecule has 1 atom stereocenters. The third-order valence-corrected chi connectivity index (χ3v) is 2.16. The molecule has 1 unspecified atom stereocenters. The van der Waals surface area contributed by atoms with Crippen molar-refractivity contribution in [1.29, 1.82) is 0 Å². The van der Waals surface area contributed by atoms with Crippen molar-refractivity contribution >= 4 is 23.1 Å². The molecule has 0 aliphatic carbocycles. The Morgan fingerprint density at radius 2 is 2.50 bits per heavy atom. The molecule has 0 aliphatic heterocycles. The second-order valence-corrected chi connectivity index (χ2v) is 3.49. The molecular weight excluding hydrogens is 230 g/mol. The Morgan fingerprint density at radius 3 is 3.00 bits per heavy atom. The largest absolute Gasteiger partial charge is 0.351 e. The summed E-state index contributed by atoms with van der Waals surface area (Å²) in [7, 11) is 0. The van der Waals surface area contributed by atoms with Crippen molar-refractivity contribution in [3.8, 4) is 12.3 Å². The molecule has 0 saturated carbocycles. The summed E-state index contributed by atoms with van der Waals surface area (Å²) < 4.78 is 0. The SMILES string of the molecule is C#CC(CC)Nc1ncc(Cl)cc1[N+](=O)[O-]. The van der Waals surface area contributed by atoms with Gasteiger partial charge in [-0.15, -0.1) is 6.42 Å². The zero-order valence-electron chi connectivity index (χ0n) is 8.61. The van der Waals surface area contributed by atoms with E-state index in [1.807, 2.05) is 6.92 Å². The second kappa shape index (κ2) is 5.33. The van der Waals surface area contributed by atoms with E-state index in [0.717, 1.165) is 0 Å². The molecular formula is C10H10ClN3O2. The molecule has 84 valence electrons. The first kappa shape index (κ1) is 12.3. The first-order valence-electron chi connectivity index (χ1n) is 4.61. The predicted octanol–water partition coefficient (Wildman–Crippen LogP) is 2.47. The Balaban J connectivity index is 3.04. The first-order chi connectivity index (χ1) is 7.58. The van der Waals surface area contributed by atoms with E-state index in [2.05, 4.69) is 16.2 Å². The van der Waals surface area contributed by atoms with Crippen molar-refractivity contribution in [2.24, 2.45) is 0 Å². The highest BCUT2D eigenvalue weighted by Gasteiger charge is 2.17. The fraction of sp³-hybridized carbons (Fsp3) is 0.300. The highest BCUT2D eigenvalue weighted by atomic mass is 35.5. The maximum Gasteiger partial charge on any atom is 0.312 e. The number of anilines is 1. The summed E-state index contributed by atoms with van der Waals surface area (Å²) in [5.41, 5.74) is -0.179. The van der Waals surface area contributed by atoms with Gasteiger partial charge in [0.05, 0.1) is 16.0 Å². The Bertz CT molecular complexity index is 442. The van der Waals surface area contributed by atoms with Gasteiger partial charge in [0.25, 0.3) is 0 Å². The molecule has 0 bridgehead atoms. The van der Waals surface area contributed by atoms with Crippen LogP contribution in [0.3, 0.4) is 0 Å². The highest BCUT2D eigenvalue weighted by Crippen LogP contribution is 2.25. The molecule has 0 aromatic carbocycles. The zero-order chi connectivity index (χ0) is 12.1. The summed E-state index contributed by atoms with van der Waals surface area (Å²) in [6.07, 6.45) is 7.24. The molecule has 1 heterocycles. The summed E-state index contributed by atoms with van der Waals surface area (Å²) in [5.74, 6) is 2.61. The van der Waals surface area contributed by atoms with Crippen LogP contribution in [0, 0.1) is 22.5 Å². The van der Waals surface area contributed by atoms with Crippen LogP contribution in [0.1, 0.15) is 13.3 Å². The lowest BCUT2D eigenvalue weighted by Gasteiger charge is -2.11. The van der Waals surface area contributed by atoms with Crippen LogP contribution in [0.5, 0.6) is 0 Å². The number of rotatable bonds is 4. The van der Waals surface area contributed by atoms with E-state index in [-0.39, 0.29) is 22.6 Å². The van der Waals surface area contributed by atoms with Crippen molar-refractivity contribution in [2.75, 3.05) is 5.32 Å². The minimum absolute atomic E-state index is 0.138. The summed E-state index contributed by atoms with van der Waals surface area (Å²) >= 11 is 5.63. The van der Waals surface area contributed by atoms with E-state index < -0.39 is 4.92 Å². The monoisotopic (exact) mass is 239 g/mol. The quantitative estimate of drug-likeness (QED) is 0.498. The molecule has 0 spiro atoms. The van der Waals surface area contributed by atoms with Crippen molar-refractivity contribution in [3.05, 3.63) is 27.4 Å².